The molecule has 1 aliphatic carbocycles. The molecule has 0 heterocycles. The summed E-state index contributed by atoms with van der Waals surface area (Å²) in [5.74, 6) is 1.71. The predicted octanol–water partition coefficient (Wildman–Crippen LogP) is 2.83. The standard InChI is InChI=1S/C13H27NO/c1-4-14-13(12-5-6-12)8-10-15-9-7-11(2)3/h11-14H,4-10H2,1-3H3. The van der Waals surface area contributed by atoms with Crippen molar-refractivity contribution in [1.82, 2.24) is 5.32 Å². The summed E-state index contributed by atoms with van der Waals surface area (Å²) < 4.78 is 5.66. The van der Waals surface area contributed by atoms with Gasteiger partial charge < -0.3 is 10.1 Å². The highest BCUT2D eigenvalue weighted by atomic mass is 16.5. The van der Waals surface area contributed by atoms with Crippen molar-refractivity contribution in [1.29, 1.82) is 0 Å². The Morgan fingerprint density at radius 1 is 1.20 bits per heavy atom. The van der Waals surface area contributed by atoms with Crippen molar-refractivity contribution in [3.8, 4) is 0 Å². The Balaban J connectivity index is 1.96. The van der Waals surface area contributed by atoms with Gasteiger partial charge in [-0.3, -0.25) is 0 Å². The van der Waals surface area contributed by atoms with Gasteiger partial charge in [-0.1, -0.05) is 20.8 Å². The molecular formula is C13H27NO. The summed E-state index contributed by atoms with van der Waals surface area (Å²) in [4.78, 5) is 0. The molecule has 15 heavy (non-hydrogen) atoms. The first kappa shape index (κ1) is 13.0. The van der Waals surface area contributed by atoms with Crippen LogP contribution in [0, 0.1) is 11.8 Å². The number of hydrogen-bond donors (Lipinski definition) is 1. The molecule has 1 fully saturated rings. The Hall–Kier alpha value is -0.0800. The lowest BCUT2D eigenvalue weighted by molar-refractivity contribution is 0.112. The van der Waals surface area contributed by atoms with Crippen molar-refractivity contribution in [3.05, 3.63) is 0 Å². The molecule has 0 aromatic heterocycles. The third kappa shape index (κ3) is 6.16. The van der Waals surface area contributed by atoms with E-state index in [9.17, 15) is 0 Å². The highest BCUT2D eigenvalue weighted by Crippen LogP contribution is 2.33. The van der Waals surface area contributed by atoms with Crippen LogP contribution in [0.4, 0.5) is 0 Å². The summed E-state index contributed by atoms with van der Waals surface area (Å²) in [6, 6.07) is 0.717. The van der Waals surface area contributed by atoms with E-state index in [2.05, 4.69) is 26.1 Å². The van der Waals surface area contributed by atoms with Gasteiger partial charge in [-0.15, -0.1) is 0 Å². The van der Waals surface area contributed by atoms with E-state index in [0.717, 1.165) is 31.6 Å². The van der Waals surface area contributed by atoms with E-state index in [4.69, 9.17) is 4.74 Å². The Kier molecular flexibility index (Phi) is 6.26. The van der Waals surface area contributed by atoms with Gasteiger partial charge in [-0.05, 0) is 44.1 Å². The van der Waals surface area contributed by atoms with Crippen LogP contribution in [0.3, 0.4) is 0 Å². The zero-order valence-electron chi connectivity index (χ0n) is 10.6. The monoisotopic (exact) mass is 213 g/mol. The Bertz CT molecular complexity index is 155. The summed E-state index contributed by atoms with van der Waals surface area (Å²) in [6.07, 6.45) is 5.22. The predicted molar refractivity (Wildman–Crippen MR) is 65.1 cm³/mol. The molecule has 0 aromatic carbocycles. The number of nitrogens with one attached hydrogen (secondary N) is 1. The van der Waals surface area contributed by atoms with Gasteiger partial charge in [0.25, 0.3) is 0 Å². The quantitative estimate of drug-likeness (QED) is 0.595. The van der Waals surface area contributed by atoms with Crippen LogP contribution in [0.25, 0.3) is 0 Å². The summed E-state index contributed by atoms with van der Waals surface area (Å²) in [7, 11) is 0. The largest absolute Gasteiger partial charge is 0.381 e. The van der Waals surface area contributed by atoms with Crippen LogP contribution < -0.4 is 5.32 Å². The van der Waals surface area contributed by atoms with Crippen LogP contribution in [0.15, 0.2) is 0 Å². The van der Waals surface area contributed by atoms with E-state index in [1.807, 2.05) is 0 Å². The number of rotatable bonds is 9. The first-order chi connectivity index (χ1) is 7.24. The lowest BCUT2D eigenvalue weighted by atomic mass is 10.1. The van der Waals surface area contributed by atoms with E-state index in [-0.39, 0.29) is 0 Å². The van der Waals surface area contributed by atoms with Gasteiger partial charge in [0.2, 0.25) is 0 Å². The van der Waals surface area contributed by atoms with Gasteiger partial charge in [0.1, 0.15) is 0 Å². The minimum Gasteiger partial charge on any atom is -0.381 e. The van der Waals surface area contributed by atoms with Gasteiger partial charge in [0, 0.05) is 19.3 Å². The third-order valence-electron chi connectivity index (χ3n) is 3.07. The smallest absolute Gasteiger partial charge is 0.0480 e. The normalized spacial score (nSPS) is 18.4. The van der Waals surface area contributed by atoms with Crippen LogP contribution >= 0.6 is 0 Å². The fraction of sp³-hybridized carbons (Fsp3) is 1.00. The van der Waals surface area contributed by atoms with Crippen LogP contribution in [-0.2, 0) is 4.74 Å². The molecule has 1 atom stereocenters. The van der Waals surface area contributed by atoms with Crippen LogP contribution in [0.1, 0.15) is 46.5 Å². The number of ether oxygens (including phenoxy) is 1. The maximum atomic E-state index is 5.66. The summed E-state index contributed by atoms with van der Waals surface area (Å²) in [6.45, 7) is 9.63. The van der Waals surface area contributed by atoms with Gasteiger partial charge >= 0.3 is 0 Å². The lowest BCUT2D eigenvalue weighted by Crippen LogP contribution is -2.32. The molecule has 1 aliphatic rings. The van der Waals surface area contributed by atoms with Crippen molar-refractivity contribution in [2.75, 3.05) is 19.8 Å². The molecule has 1 rings (SSSR count). The average Bonchev–Trinajstić information content (AvgIpc) is 2.98. The summed E-state index contributed by atoms with van der Waals surface area (Å²) in [5, 5.41) is 3.56. The molecule has 1 N–H and O–H groups in total. The second kappa shape index (κ2) is 7.24. The minimum atomic E-state index is 0.717. The fourth-order valence-corrected chi connectivity index (χ4v) is 1.90. The average molecular weight is 213 g/mol. The van der Waals surface area contributed by atoms with Crippen molar-refractivity contribution < 1.29 is 4.74 Å². The van der Waals surface area contributed by atoms with Crippen LogP contribution in [0.5, 0.6) is 0 Å². The topological polar surface area (TPSA) is 21.3 Å². The maximum absolute atomic E-state index is 5.66. The zero-order chi connectivity index (χ0) is 11.1. The fourth-order valence-electron chi connectivity index (χ4n) is 1.90. The van der Waals surface area contributed by atoms with Gasteiger partial charge in [0.15, 0.2) is 0 Å². The second-order valence-corrected chi connectivity index (χ2v) is 5.09. The molecule has 1 saturated carbocycles. The molecule has 0 radical (unpaired) electrons. The van der Waals surface area contributed by atoms with E-state index in [1.165, 1.54) is 25.7 Å². The highest BCUT2D eigenvalue weighted by molar-refractivity contribution is 4.85. The van der Waals surface area contributed by atoms with E-state index < -0.39 is 0 Å². The molecule has 2 nitrogen and oxygen atoms in total. The van der Waals surface area contributed by atoms with Gasteiger partial charge in [-0.2, -0.15) is 0 Å². The second-order valence-electron chi connectivity index (χ2n) is 5.09. The van der Waals surface area contributed by atoms with Gasteiger partial charge in [-0.25, -0.2) is 0 Å². The van der Waals surface area contributed by atoms with Crippen molar-refractivity contribution >= 4 is 0 Å². The number of hydrogen-bond acceptors (Lipinski definition) is 2. The van der Waals surface area contributed by atoms with Gasteiger partial charge in [0.05, 0.1) is 0 Å². The first-order valence-electron chi connectivity index (χ1n) is 6.55. The van der Waals surface area contributed by atoms with E-state index in [0.29, 0.717) is 6.04 Å². The van der Waals surface area contributed by atoms with Crippen molar-refractivity contribution in [3.63, 3.8) is 0 Å². The van der Waals surface area contributed by atoms with Crippen LogP contribution in [0.2, 0.25) is 0 Å². The Morgan fingerprint density at radius 3 is 2.40 bits per heavy atom. The summed E-state index contributed by atoms with van der Waals surface area (Å²) >= 11 is 0. The van der Waals surface area contributed by atoms with Crippen LogP contribution in [-0.4, -0.2) is 25.8 Å². The SMILES string of the molecule is CCNC(CCOCCC(C)C)C1CC1. The molecule has 0 aromatic rings. The molecule has 0 aliphatic heterocycles. The first-order valence-corrected chi connectivity index (χ1v) is 6.55. The zero-order valence-corrected chi connectivity index (χ0v) is 10.6. The molecule has 0 amide bonds. The molecule has 0 spiro atoms. The third-order valence-corrected chi connectivity index (χ3v) is 3.07. The molecule has 0 saturated heterocycles. The highest BCUT2D eigenvalue weighted by Gasteiger charge is 2.29. The minimum absolute atomic E-state index is 0.717. The summed E-state index contributed by atoms with van der Waals surface area (Å²) in [5.41, 5.74) is 0. The van der Waals surface area contributed by atoms with E-state index in [1.54, 1.807) is 0 Å². The Morgan fingerprint density at radius 2 is 1.87 bits per heavy atom. The molecular weight excluding hydrogens is 186 g/mol. The maximum Gasteiger partial charge on any atom is 0.0480 e. The molecule has 90 valence electrons. The lowest BCUT2D eigenvalue weighted by Gasteiger charge is -2.17. The van der Waals surface area contributed by atoms with Crippen molar-refractivity contribution in [2.24, 2.45) is 11.8 Å². The molecule has 2 heteroatoms. The van der Waals surface area contributed by atoms with Crippen molar-refractivity contribution in [2.45, 2.75) is 52.5 Å². The molecule has 1 unspecified atom stereocenters. The Labute approximate surface area is 94.8 Å². The molecule has 0 bridgehead atoms. The van der Waals surface area contributed by atoms with E-state index >= 15 is 0 Å².